The fourth-order valence-electron chi connectivity index (χ4n) is 3.97. The van der Waals surface area contributed by atoms with Gasteiger partial charge in [-0.3, -0.25) is 9.98 Å². The van der Waals surface area contributed by atoms with Crippen LogP contribution in [-0.2, 0) is 41.6 Å². The topological polar surface area (TPSA) is 249 Å². The third kappa shape index (κ3) is 14.1. The second-order valence-corrected chi connectivity index (χ2v) is 13.9. The van der Waals surface area contributed by atoms with Crippen molar-refractivity contribution in [1.82, 2.24) is 19.9 Å². The minimum Gasteiger partial charge on any atom is -0.565 e. The van der Waals surface area contributed by atoms with Crippen LogP contribution in [0, 0.1) is 0 Å². The van der Waals surface area contributed by atoms with Crippen LogP contribution in [0.15, 0.2) is 154 Å². The van der Waals surface area contributed by atoms with Gasteiger partial charge in [-0.05, 0) is 84.9 Å². The Balaban J connectivity index is 0.000000265. The van der Waals surface area contributed by atoms with Crippen LogP contribution in [0.25, 0.3) is 0 Å². The first-order chi connectivity index (χ1) is 25.8. The Kier molecular flexibility index (Phi) is 16.1. The van der Waals surface area contributed by atoms with Crippen molar-refractivity contribution in [2.24, 2.45) is 9.98 Å². The van der Waals surface area contributed by atoms with Crippen LogP contribution < -0.4 is 9.44 Å². The summed E-state index contributed by atoms with van der Waals surface area (Å²) in [6.45, 7) is 1.19. The Morgan fingerprint density at radius 1 is 0.582 bits per heavy atom. The van der Waals surface area contributed by atoms with Crippen LogP contribution in [0.3, 0.4) is 0 Å². The molecule has 6 rings (SSSR count). The van der Waals surface area contributed by atoms with E-state index in [4.69, 9.17) is 9.90 Å². The van der Waals surface area contributed by atoms with Crippen LogP contribution in [-0.4, -0.2) is 70.5 Å². The van der Waals surface area contributed by atoms with E-state index in [-0.39, 0.29) is 50.0 Å². The number of aromatic nitrogens is 4. The number of aliphatic imine (C=N–C) groups is 2. The number of phenols is 2. The molecule has 2 aromatic heterocycles. The van der Waals surface area contributed by atoms with E-state index >= 15 is 0 Å². The molecule has 6 N–H and O–H groups in total. The summed E-state index contributed by atoms with van der Waals surface area (Å²) >= 11 is 0. The van der Waals surface area contributed by atoms with E-state index in [1.165, 1.54) is 68.4 Å². The summed E-state index contributed by atoms with van der Waals surface area (Å²) in [5, 5.41) is 25.3. The first-order valence-electron chi connectivity index (χ1n) is 15.5. The summed E-state index contributed by atoms with van der Waals surface area (Å²) in [7, 11) is -7.54. The van der Waals surface area contributed by atoms with Crippen molar-refractivity contribution < 1.29 is 53.7 Å². The average molecular weight is 829 g/mol. The van der Waals surface area contributed by atoms with Crippen molar-refractivity contribution in [2.75, 3.05) is 9.44 Å². The average Bonchev–Trinajstić information content (AvgIpc) is 3.15. The molecular weight excluding hydrogens is 796 g/mol. The zero-order valence-electron chi connectivity index (χ0n) is 28.6. The Morgan fingerprint density at radius 2 is 0.891 bits per heavy atom. The molecule has 0 bridgehead atoms. The summed E-state index contributed by atoms with van der Waals surface area (Å²) in [6.07, 6.45) is 8.80. The predicted octanol–water partition coefficient (Wildman–Crippen LogP) is 4.72. The first kappa shape index (κ1) is 42.9. The third-order valence-corrected chi connectivity index (χ3v) is 9.14. The number of benzene rings is 4. The van der Waals surface area contributed by atoms with Gasteiger partial charge in [0, 0.05) is 53.1 Å². The number of hydrogen-bond donors (Lipinski definition) is 4. The van der Waals surface area contributed by atoms with E-state index in [2.05, 4.69) is 39.4 Å². The number of nitrogens with one attached hydrogen (secondary N) is 2. The Bertz CT molecular complexity index is 2250. The molecule has 2 heterocycles. The summed E-state index contributed by atoms with van der Waals surface area (Å²) in [5.41, 5.74) is 2.25. The van der Waals surface area contributed by atoms with Gasteiger partial charge in [-0.2, -0.15) is 0 Å². The standard InChI is InChI=1S/2C17H14N4O3S.C2H4O2.Co/c2*22-16-5-2-1-4-13(16)12-20-14-6-8-15(9-7-14)25(23,24)21-17-18-10-3-11-19-17;1-2(3)4;/h2*1-12,22H,(H,18,19,21);1H3,(H,3,4);/q;;;+2/p+1. The molecule has 1 radical (unpaired) electrons. The van der Waals surface area contributed by atoms with Crippen molar-refractivity contribution in [3.8, 4) is 11.5 Å². The zero-order chi connectivity index (χ0) is 39.0. The quantitative estimate of drug-likeness (QED) is 0.109. The van der Waals surface area contributed by atoms with E-state index in [1.54, 1.807) is 84.9 Å². The van der Waals surface area contributed by atoms with Crippen LogP contribution in [0.1, 0.15) is 18.1 Å². The molecule has 0 unspecified atom stereocenters. The molecule has 0 aliphatic carbocycles. The minimum atomic E-state index is -3.77. The van der Waals surface area contributed by atoms with Gasteiger partial charge in [0.1, 0.15) is 11.5 Å². The molecule has 0 atom stereocenters. The third-order valence-electron chi connectivity index (χ3n) is 6.46. The van der Waals surface area contributed by atoms with Gasteiger partial charge < -0.3 is 15.3 Å². The molecule has 19 heteroatoms. The molecule has 0 amide bonds. The van der Waals surface area contributed by atoms with Gasteiger partial charge >= 0.3 is 22.7 Å². The van der Waals surface area contributed by atoms with Gasteiger partial charge in [0.25, 0.3) is 20.0 Å². The normalized spacial score (nSPS) is 10.9. The van der Waals surface area contributed by atoms with E-state index in [0.717, 1.165) is 0 Å². The fourth-order valence-corrected chi connectivity index (χ4v) is 5.88. The van der Waals surface area contributed by atoms with Crippen LogP contribution in [0.5, 0.6) is 11.5 Å². The molecule has 55 heavy (non-hydrogen) atoms. The largest absolute Gasteiger partial charge is 2.00 e. The molecule has 6 aromatic rings. The Hall–Kier alpha value is -6.54. The van der Waals surface area contributed by atoms with Crippen molar-refractivity contribution >= 4 is 61.7 Å². The Labute approximate surface area is 326 Å². The van der Waals surface area contributed by atoms with Crippen molar-refractivity contribution in [3.63, 3.8) is 0 Å². The second-order valence-electron chi connectivity index (χ2n) is 10.5. The van der Waals surface area contributed by atoms with E-state index in [1.807, 2.05) is 0 Å². The minimum absolute atomic E-state index is 0. The number of sulfonamides is 2. The maximum absolute atomic E-state index is 12.3. The number of carbonyl (C=O) groups excluding carboxylic acids is 1. The monoisotopic (exact) mass is 828 g/mol. The number of para-hydroxylation sites is 2. The van der Waals surface area contributed by atoms with Crippen LogP contribution in [0.2, 0.25) is 0 Å². The molecule has 0 fully saturated rings. The van der Waals surface area contributed by atoms with Gasteiger partial charge in [-0.25, -0.2) is 46.2 Å². The molecule has 0 aliphatic heterocycles. The number of carbonyl (C=O) groups is 1. The maximum atomic E-state index is 12.3. The van der Waals surface area contributed by atoms with Crippen molar-refractivity contribution in [1.29, 1.82) is 0 Å². The molecule has 4 aromatic carbocycles. The van der Waals surface area contributed by atoms with Gasteiger partial charge in [0.05, 0.1) is 28.1 Å². The molecular formula is C36H33CoN8O8S2+3. The first-order valence-corrected chi connectivity index (χ1v) is 18.4. The van der Waals surface area contributed by atoms with Gasteiger partial charge in [0.2, 0.25) is 11.9 Å². The molecule has 0 saturated carbocycles. The predicted molar refractivity (Wildman–Crippen MR) is 204 cm³/mol. The van der Waals surface area contributed by atoms with E-state index in [0.29, 0.717) is 22.5 Å². The second kappa shape index (κ2) is 20.6. The number of aromatic hydroxyl groups is 2. The van der Waals surface area contributed by atoms with Gasteiger partial charge in [-0.15, -0.1) is 0 Å². The van der Waals surface area contributed by atoms with Crippen molar-refractivity contribution in [2.45, 2.75) is 16.7 Å². The number of anilines is 2. The number of rotatable bonds is 10. The van der Waals surface area contributed by atoms with Gasteiger partial charge in [0.15, 0.2) is 0 Å². The van der Waals surface area contributed by atoms with Crippen LogP contribution >= 0.6 is 0 Å². The number of phenolic OH excluding ortho intramolecular Hbond substituents is 2. The number of hydrogen-bond acceptors (Lipinski definition) is 13. The summed E-state index contributed by atoms with van der Waals surface area (Å²) in [4.78, 5) is 33.0. The fraction of sp³-hybridized carbons (Fsp3) is 0.0278. The van der Waals surface area contributed by atoms with Gasteiger partial charge in [-0.1, -0.05) is 24.3 Å². The summed E-state index contributed by atoms with van der Waals surface area (Å²) in [6, 6.07) is 28.8. The molecule has 0 saturated heterocycles. The summed E-state index contributed by atoms with van der Waals surface area (Å²) < 4.78 is 53.7. The van der Waals surface area contributed by atoms with E-state index < -0.39 is 26.0 Å². The molecule has 283 valence electrons. The van der Waals surface area contributed by atoms with Crippen LogP contribution in [0.4, 0.5) is 23.3 Å². The molecule has 16 nitrogen and oxygen atoms in total. The molecule has 0 spiro atoms. The SMILES string of the molecule is CC(=O)[OH2+].O=S(=O)(Nc1ncccn1)c1ccc(N=Cc2ccccc2O)cc1.O=S(=O)(Nc1ncccn1)c1ccc(N=Cc2ccccc2O)cc1.[Co+2]. The van der Waals surface area contributed by atoms with E-state index in [9.17, 15) is 27.0 Å². The van der Waals surface area contributed by atoms with Crippen molar-refractivity contribution in [3.05, 3.63) is 145 Å². The Morgan fingerprint density at radius 3 is 1.20 bits per heavy atom. The smallest absolute Gasteiger partial charge is 0.565 e. The maximum Gasteiger partial charge on any atom is 2.00 e. The molecule has 0 aliphatic rings. The zero-order valence-corrected chi connectivity index (χ0v) is 31.3. The summed E-state index contributed by atoms with van der Waals surface area (Å²) in [5.74, 6) is -0.330. The number of nitrogens with zero attached hydrogens (tertiary/aromatic N) is 6.